The topological polar surface area (TPSA) is 82.1 Å². The average molecular weight is 479 g/mol. The Balaban J connectivity index is 1.48. The Morgan fingerprint density at radius 1 is 1.14 bits per heavy atom. The van der Waals surface area contributed by atoms with Crippen molar-refractivity contribution >= 4 is 38.1 Å². The summed E-state index contributed by atoms with van der Waals surface area (Å²) >= 11 is 3.31. The highest BCUT2D eigenvalue weighted by atomic mass is 79.9. The normalized spacial score (nSPS) is 16.2. The maximum Gasteiger partial charge on any atom is 0.254 e. The number of hydrogen-bond donors (Lipinski definition) is 1. The number of benzene rings is 2. The number of carbonyl (C=O) groups excluding carboxylic acids is 1. The molecule has 0 atom stereocenters. The van der Waals surface area contributed by atoms with E-state index in [1.165, 1.54) is 4.31 Å². The van der Waals surface area contributed by atoms with E-state index >= 15 is 0 Å². The number of aryl methyl sites for hydroxylation is 1. The molecule has 0 aromatic heterocycles. The van der Waals surface area contributed by atoms with Crippen molar-refractivity contribution in [2.24, 2.45) is 5.10 Å². The number of nitrogens with zero attached hydrogens (tertiary/aromatic N) is 3. The maximum absolute atomic E-state index is 12.7. The first-order chi connectivity index (χ1) is 13.8. The van der Waals surface area contributed by atoms with Gasteiger partial charge in [0.2, 0.25) is 10.0 Å². The van der Waals surface area contributed by atoms with Gasteiger partial charge in [-0.05, 0) is 36.8 Å². The third-order valence-corrected chi connectivity index (χ3v) is 7.04. The van der Waals surface area contributed by atoms with Gasteiger partial charge in [-0.1, -0.05) is 45.8 Å². The predicted octanol–water partition coefficient (Wildman–Crippen LogP) is 2.21. The van der Waals surface area contributed by atoms with E-state index in [4.69, 9.17) is 0 Å². The fraction of sp³-hybridized carbons (Fsp3) is 0.300. The smallest absolute Gasteiger partial charge is 0.254 e. The van der Waals surface area contributed by atoms with Crippen molar-refractivity contribution in [2.45, 2.75) is 11.8 Å². The lowest BCUT2D eigenvalue weighted by molar-refractivity contribution is -0.122. The average Bonchev–Trinajstić information content (AvgIpc) is 2.69. The van der Waals surface area contributed by atoms with Crippen molar-refractivity contribution in [2.75, 3.05) is 32.7 Å². The minimum Gasteiger partial charge on any atom is -0.292 e. The van der Waals surface area contributed by atoms with E-state index in [2.05, 4.69) is 26.5 Å². The van der Waals surface area contributed by atoms with Crippen LogP contribution in [0.1, 0.15) is 11.1 Å². The van der Waals surface area contributed by atoms with Gasteiger partial charge >= 0.3 is 0 Å². The number of halogens is 1. The minimum absolute atomic E-state index is 0.178. The summed E-state index contributed by atoms with van der Waals surface area (Å²) in [6.45, 7) is 3.84. The molecule has 1 heterocycles. The minimum atomic E-state index is -3.52. The lowest BCUT2D eigenvalue weighted by Crippen LogP contribution is -2.50. The molecule has 1 amide bonds. The van der Waals surface area contributed by atoms with Gasteiger partial charge in [-0.15, -0.1) is 0 Å². The molecule has 0 unspecified atom stereocenters. The summed E-state index contributed by atoms with van der Waals surface area (Å²) in [7, 11) is -3.52. The highest BCUT2D eigenvalue weighted by Gasteiger charge is 2.28. The number of amides is 1. The second-order valence-corrected chi connectivity index (χ2v) is 9.70. The van der Waals surface area contributed by atoms with Crippen molar-refractivity contribution in [1.29, 1.82) is 0 Å². The molecule has 1 aliphatic heterocycles. The Labute approximate surface area is 179 Å². The Hall–Kier alpha value is -2.07. The SMILES string of the molecule is Cc1cccc(/C=N\NC(=O)CN2CCN(S(=O)(=O)c3ccc(Br)cc3)CC2)c1. The molecule has 29 heavy (non-hydrogen) atoms. The second-order valence-electron chi connectivity index (χ2n) is 6.84. The molecular formula is C20H23BrN4O3S. The molecule has 1 fully saturated rings. The first-order valence-corrected chi connectivity index (χ1v) is 11.4. The van der Waals surface area contributed by atoms with Gasteiger partial charge in [0.15, 0.2) is 0 Å². The number of carbonyl (C=O) groups is 1. The molecule has 3 rings (SSSR count). The highest BCUT2D eigenvalue weighted by Crippen LogP contribution is 2.20. The molecule has 0 spiro atoms. The zero-order valence-electron chi connectivity index (χ0n) is 16.1. The van der Waals surface area contributed by atoms with Crippen molar-refractivity contribution in [3.05, 3.63) is 64.1 Å². The van der Waals surface area contributed by atoms with Crippen LogP contribution in [-0.4, -0.2) is 62.5 Å². The Kier molecular flexibility index (Phi) is 7.18. The van der Waals surface area contributed by atoms with Gasteiger partial charge in [0.1, 0.15) is 0 Å². The Morgan fingerprint density at radius 3 is 2.48 bits per heavy atom. The van der Waals surface area contributed by atoms with Crippen LogP contribution in [0, 0.1) is 6.92 Å². The van der Waals surface area contributed by atoms with Crippen LogP contribution in [-0.2, 0) is 14.8 Å². The summed E-state index contributed by atoms with van der Waals surface area (Å²) in [4.78, 5) is 14.3. The second kappa shape index (κ2) is 9.62. The van der Waals surface area contributed by atoms with Crippen LogP contribution in [0.25, 0.3) is 0 Å². The summed E-state index contributed by atoms with van der Waals surface area (Å²) in [6, 6.07) is 14.4. The van der Waals surface area contributed by atoms with Gasteiger partial charge in [0.05, 0.1) is 17.7 Å². The molecule has 154 valence electrons. The third-order valence-electron chi connectivity index (χ3n) is 4.59. The number of rotatable bonds is 6. The van der Waals surface area contributed by atoms with E-state index in [1.807, 2.05) is 36.1 Å². The summed E-state index contributed by atoms with van der Waals surface area (Å²) in [5, 5.41) is 3.99. The number of nitrogens with one attached hydrogen (secondary N) is 1. The van der Waals surface area contributed by atoms with Crippen LogP contribution >= 0.6 is 15.9 Å². The zero-order chi connectivity index (χ0) is 20.9. The van der Waals surface area contributed by atoms with Crippen molar-refractivity contribution in [3.8, 4) is 0 Å². The van der Waals surface area contributed by atoms with E-state index in [9.17, 15) is 13.2 Å². The van der Waals surface area contributed by atoms with Crippen LogP contribution in [0.4, 0.5) is 0 Å². The monoisotopic (exact) mass is 478 g/mol. The molecule has 1 saturated heterocycles. The summed E-state index contributed by atoms with van der Waals surface area (Å²) in [5.74, 6) is -0.224. The van der Waals surface area contributed by atoms with Crippen LogP contribution < -0.4 is 5.43 Å². The summed E-state index contributed by atoms with van der Waals surface area (Å²) in [6.07, 6.45) is 1.60. The van der Waals surface area contributed by atoms with E-state index < -0.39 is 10.0 Å². The van der Waals surface area contributed by atoms with Gasteiger partial charge in [-0.25, -0.2) is 13.8 Å². The van der Waals surface area contributed by atoms with Crippen molar-refractivity contribution in [1.82, 2.24) is 14.6 Å². The molecule has 9 heteroatoms. The third kappa shape index (κ3) is 5.96. The first kappa shape index (κ1) is 21.6. The Morgan fingerprint density at radius 2 is 1.83 bits per heavy atom. The first-order valence-electron chi connectivity index (χ1n) is 9.21. The largest absolute Gasteiger partial charge is 0.292 e. The molecule has 7 nitrogen and oxygen atoms in total. The van der Waals surface area contributed by atoms with E-state index in [1.54, 1.807) is 30.5 Å². The van der Waals surface area contributed by atoms with E-state index in [0.717, 1.165) is 15.6 Å². The van der Waals surface area contributed by atoms with Crippen LogP contribution in [0.15, 0.2) is 63.0 Å². The van der Waals surface area contributed by atoms with Crippen molar-refractivity contribution < 1.29 is 13.2 Å². The van der Waals surface area contributed by atoms with Gasteiger partial charge in [-0.3, -0.25) is 9.69 Å². The molecular weight excluding hydrogens is 456 g/mol. The Bertz CT molecular complexity index is 985. The molecule has 0 radical (unpaired) electrons. The number of hydrogen-bond acceptors (Lipinski definition) is 5. The van der Waals surface area contributed by atoms with Gasteiger partial charge in [-0.2, -0.15) is 9.41 Å². The van der Waals surface area contributed by atoms with Gasteiger partial charge in [0, 0.05) is 30.7 Å². The number of piperazine rings is 1. The lowest BCUT2D eigenvalue weighted by Gasteiger charge is -2.33. The number of sulfonamides is 1. The molecule has 0 saturated carbocycles. The summed E-state index contributed by atoms with van der Waals surface area (Å²) < 4.78 is 27.7. The van der Waals surface area contributed by atoms with Gasteiger partial charge < -0.3 is 0 Å². The molecule has 0 aliphatic carbocycles. The maximum atomic E-state index is 12.7. The van der Waals surface area contributed by atoms with Crippen LogP contribution in [0.3, 0.4) is 0 Å². The molecule has 1 N–H and O–H groups in total. The lowest BCUT2D eigenvalue weighted by atomic mass is 10.2. The fourth-order valence-electron chi connectivity index (χ4n) is 3.05. The van der Waals surface area contributed by atoms with Gasteiger partial charge in [0.25, 0.3) is 5.91 Å². The molecule has 0 bridgehead atoms. The van der Waals surface area contributed by atoms with E-state index in [-0.39, 0.29) is 17.3 Å². The van der Waals surface area contributed by atoms with Crippen molar-refractivity contribution in [3.63, 3.8) is 0 Å². The molecule has 1 aliphatic rings. The zero-order valence-corrected chi connectivity index (χ0v) is 18.5. The fourth-order valence-corrected chi connectivity index (χ4v) is 4.74. The summed E-state index contributed by atoms with van der Waals surface area (Å²) in [5.41, 5.74) is 4.56. The van der Waals surface area contributed by atoms with E-state index in [0.29, 0.717) is 26.2 Å². The predicted molar refractivity (Wildman–Crippen MR) is 116 cm³/mol. The molecule has 2 aromatic rings. The standard InChI is InChI=1S/C20H23BrN4O3S/c1-16-3-2-4-17(13-16)14-22-23-20(26)15-24-9-11-25(12-10-24)29(27,28)19-7-5-18(21)6-8-19/h2-8,13-14H,9-12,15H2,1H3,(H,23,26)/b22-14-. The van der Waals surface area contributed by atoms with Crippen LogP contribution in [0.2, 0.25) is 0 Å². The highest BCUT2D eigenvalue weighted by molar-refractivity contribution is 9.10. The quantitative estimate of drug-likeness (QED) is 0.509. The number of hydrazone groups is 1. The van der Waals surface area contributed by atoms with Crippen LogP contribution in [0.5, 0.6) is 0 Å². The molecule has 2 aromatic carbocycles.